The van der Waals surface area contributed by atoms with Crippen LogP contribution < -0.4 is 5.32 Å². The second-order valence-electron chi connectivity index (χ2n) is 3.24. The summed E-state index contributed by atoms with van der Waals surface area (Å²) >= 11 is 1.83. The summed E-state index contributed by atoms with van der Waals surface area (Å²) in [5.74, 6) is 1.00. The van der Waals surface area contributed by atoms with Crippen LogP contribution in [0.2, 0.25) is 0 Å². The van der Waals surface area contributed by atoms with Gasteiger partial charge < -0.3 is 5.32 Å². The van der Waals surface area contributed by atoms with Gasteiger partial charge in [0.05, 0.1) is 0 Å². The molecule has 0 radical (unpaired) electrons. The molecule has 0 bridgehead atoms. The van der Waals surface area contributed by atoms with Crippen LogP contribution >= 0.6 is 11.8 Å². The van der Waals surface area contributed by atoms with Crippen molar-refractivity contribution in [2.24, 2.45) is 0 Å². The molecular formula is C11H16FNS. The zero-order valence-corrected chi connectivity index (χ0v) is 9.46. The molecule has 1 aromatic carbocycles. The molecule has 1 nitrogen and oxygen atoms in total. The number of anilines is 1. The van der Waals surface area contributed by atoms with E-state index < -0.39 is 0 Å². The third-order valence-corrected chi connectivity index (χ3v) is 2.72. The fraction of sp³-hybridized carbons (Fsp3) is 0.455. The molecule has 0 amide bonds. The second kappa shape index (κ2) is 5.91. The Morgan fingerprint density at radius 3 is 2.86 bits per heavy atom. The van der Waals surface area contributed by atoms with E-state index in [4.69, 9.17) is 0 Å². The minimum absolute atomic E-state index is 0.139. The van der Waals surface area contributed by atoms with Gasteiger partial charge in [0.2, 0.25) is 0 Å². The summed E-state index contributed by atoms with van der Waals surface area (Å²) in [5.41, 5.74) is 1.56. The Labute approximate surface area is 89.1 Å². The van der Waals surface area contributed by atoms with Crippen LogP contribution in [-0.2, 0) is 0 Å². The average Bonchev–Trinajstić information content (AvgIpc) is 2.18. The molecule has 0 aliphatic rings. The van der Waals surface area contributed by atoms with Crippen LogP contribution in [0.4, 0.5) is 10.1 Å². The maximum absolute atomic E-state index is 13.1. The maximum atomic E-state index is 13.1. The van der Waals surface area contributed by atoms with Crippen molar-refractivity contribution in [2.45, 2.75) is 13.3 Å². The highest BCUT2D eigenvalue weighted by Crippen LogP contribution is 2.13. The lowest BCUT2D eigenvalue weighted by molar-refractivity contribution is 0.619. The minimum Gasteiger partial charge on any atom is -0.385 e. The van der Waals surface area contributed by atoms with E-state index in [1.165, 1.54) is 0 Å². The number of benzene rings is 1. The molecule has 0 spiro atoms. The van der Waals surface area contributed by atoms with Gasteiger partial charge >= 0.3 is 0 Å². The van der Waals surface area contributed by atoms with E-state index in [9.17, 15) is 4.39 Å². The Bertz CT molecular complexity index is 289. The lowest BCUT2D eigenvalue weighted by Crippen LogP contribution is -2.02. The third-order valence-electron chi connectivity index (χ3n) is 2.03. The van der Waals surface area contributed by atoms with Crippen LogP contribution in [0.5, 0.6) is 0 Å². The molecule has 0 fully saturated rings. The number of hydrogen-bond donors (Lipinski definition) is 1. The van der Waals surface area contributed by atoms with Crippen LogP contribution in [0.1, 0.15) is 12.0 Å². The summed E-state index contributed by atoms with van der Waals surface area (Å²) in [5, 5.41) is 3.19. The van der Waals surface area contributed by atoms with Gasteiger partial charge in [0, 0.05) is 12.2 Å². The van der Waals surface area contributed by atoms with Crippen molar-refractivity contribution >= 4 is 17.4 Å². The van der Waals surface area contributed by atoms with Gasteiger partial charge in [-0.3, -0.25) is 0 Å². The van der Waals surface area contributed by atoms with E-state index in [-0.39, 0.29) is 5.82 Å². The van der Waals surface area contributed by atoms with Gasteiger partial charge in [-0.2, -0.15) is 11.8 Å². The zero-order valence-electron chi connectivity index (χ0n) is 8.64. The summed E-state index contributed by atoms with van der Waals surface area (Å²) in [7, 11) is 0. The van der Waals surface area contributed by atoms with Crippen LogP contribution in [0.15, 0.2) is 18.2 Å². The lowest BCUT2D eigenvalue weighted by atomic mass is 10.2. The smallest absolute Gasteiger partial charge is 0.128 e. The molecule has 0 unspecified atom stereocenters. The monoisotopic (exact) mass is 213 g/mol. The molecule has 1 rings (SSSR count). The van der Waals surface area contributed by atoms with E-state index in [1.54, 1.807) is 19.1 Å². The molecule has 14 heavy (non-hydrogen) atoms. The number of hydrogen-bond acceptors (Lipinski definition) is 2. The first-order chi connectivity index (χ1) is 6.74. The third kappa shape index (κ3) is 3.58. The van der Waals surface area contributed by atoms with Crippen molar-refractivity contribution in [2.75, 3.05) is 23.9 Å². The van der Waals surface area contributed by atoms with Gasteiger partial charge in [-0.15, -0.1) is 0 Å². The minimum atomic E-state index is -0.139. The maximum Gasteiger partial charge on any atom is 0.128 e. The largest absolute Gasteiger partial charge is 0.385 e. The Balaban J connectivity index is 2.39. The van der Waals surface area contributed by atoms with Crippen LogP contribution in [0.3, 0.4) is 0 Å². The van der Waals surface area contributed by atoms with Gasteiger partial charge in [0.25, 0.3) is 0 Å². The quantitative estimate of drug-likeness (QED) is 0.753. The van der Waals surface area contributed by atoms with Gasteiger partial charge in [0.1, 0.15) is 5.82 Å². The Hall–Kier alpha value is -0.700. The first kappa shape index (κ1) is 11.4. The summed E-state index contributed by atoms with van der Waals surface area (Å²) in [6, 6.07) is 5.26. The van der Waals surface area contributed by atoms with Crippen LogP contribution in [0, 0.1) is 12.7 Å². The Morgan fingerprint density at radius 1 is 1.43 bits per heavy atom. The number of aryl methyl sites for hydroxylation is 1. The molecule has 0 heterocycles. The molecular weight excluding hydrogens is 197 g/mol. The van der Waals surface area contributed by atoms with Crippen molar-refractivity contribution in [1.82, 2.24) is 0 Å². The molecule has 1 N–H and O–H groups in total. The van der Waals surface area contributed by atoms with Crippen LogP contribution in [-0.4, -0.2) is 18.6 Å². The van der Waals surface area contributed by atoms with Gasteiger partial charge in [-0.05, 0) is 43.0 Å². The van der Waals surface area contributed by atoms with Crippen LogP contribution in [0.25, 0.3) is 0 Å². The van der Waals surface area contributed by atoms with E-state index in [0.29, 0.717) is 5.56 Å². The van der Waals surface area contributed by atoms with Crippen molar-refractivity contribution in [3.05, 3.63) is 29.6 Å². The summed E-state index contributed by atoms with van der Waals surface area (Å²) in [6.07, 6.45) is 3.20. The average molecular weight is 213 g/mol. The fourth-order valence-corrected chi connectivity index (χ4v) is 1.59. The first-order valence-electron chi connectivity index (χ1n) is 4.73. The first-order valence-corrected chi connectivity index (χ1v) is 6.12. The van der Waals surface area contributed by atoms with Crippen molar-refractivity contribution < 1.29 is 4.39 Å². The fourth-order valence-electron chi connectivity index (χ4n) is 1.15. The number of thioether (sulfide) groups is 1. The molecule has 78 valence electrons. The van der Waals surface area contributed by atoms with Gasteiger partial charge in [0.15, 0.2) is 0 Å². The molecule has 0 aliphatic heterocycles. The van der Waals surface area contributed by atoms with Gasteiger partial charge in [-0.1, -0.05) is 6.07 Å². The highest BCUT2D eigenvalue weighted by Gasteiger charge is 1.97. The molecule has 0 aliphatic carbocycles. The SMILES string of the molecule is CSCCCNc1ccc(C)c(F)c1. The van der Waals surface area contributed by atoms with E-state index in [2.05, 4.69) is 11.6 Å². The molecule has 0 saturated carbocycles. The van der Waals surface area contributed by atoms with E-state index >= 15 is 0 Å². The Morgan fingerprint density at radius 2 is 2.21 bits per heavy atom. The second-order valence-corrected chi connectivity index (χ2v) is 4.22. The van der Waals surface area contributed by atoms with Gasteiger partial charge in [-0.25, -0.2) is 4.39 Å². The molecule has 0 saturated heterocycles. The standard InChI is InChI=1S/C11H16FNS/c1-9-4-5-10(8-11(9)12)13-6-3-7-14-2/h4-5,8,13H,3,6-7H2,1-2H3. The predicted octanol–water partition coefficient (Wildman–Crippen LogP) is 3.30. The number of rotatable bonds is 5. The number of nitrogens with one attached hydrogen (secondary N) is 1. The van der Waals surface area contributed by atoms with Crippen molar-refractivity contribution in [3.63, 3.8) is 0 Å². The summed E-state index contributed by atoms with van der Waals surface area (Å²) < 4.78 is 13.1. The molecule has 1 aromatic rings. The Kier molecular flexibility index (Phi) is 4.80. The molecule has 0 atom stereocenters. The molecule has 3 heteroatoms. The normalized spacial score (nSPS) is 10.2. The van der Waals surface area contributed by atoms with Crippen molar-refractivity contribution in [3.8, 4) is 0 Å². The van der Waals surface area contributed by atoms with E-state index in [1.807, 2.05) is 17.8 Å². The summed E-state index contributed by atoms with van der Waals surface area (Å²) in [4.78, 5) is 0. The van der Waals surface area contributed by atoms with Crippen molar-refractivity contribution in [1.29, 1.82) is 0 Å². The predicted molar refractivity (Wildman–Crippen MR) is 62.6 cm³/mol. The highest BCUT2D eigenvalue weighted by molar-refractivity contribution is 7.98. The number of halogens is 1. The molecule has 0 aromatic heterocycles. The van der Waals surface area contributed by atoms with E-state index in [0.717, 1.165) is 24.4 Å². The topological polar surface area (TPSA) is 12.0 Å². The highest BCUT2D eigenvalue weighted by atomic mass is 32.2. The zero-order chi connectivity index (χ0) is 10.4. The lowest BCUT2D eigenvalue weighted by Gasteiger charge is -2.06. The summed E-state index contributed by atoms with van der Waals surface area (Å²) in [6.45, 7) is 2.68.